The highest BCUT2D eigenvalue weighted by atomic mass is 35.5. The smallest absolute Gasteiger partial charge is 0.0835 e. The normalized spacial score (nSPS) is 4.33. The largest absolute Gasteiger partial charge is 0.147 e. The van der Waals surface area contributed by atoms with Crippen LogP contribution < -0.4 is 0 Å². The molecule has 0 aromatic heterocycles. The van der Waals surface area contributed by atoms with Gasteiger partial charge in [0.15, 0.2) is 0 Å². The first kappa shape index (κ1) is 9.46. The summed E-state index contributed by atoms with van der Waals surface area (Å²) in [6.45, 7) is 1.77. The molecule has 0 fully saturated rings. The molecule has 0 unspecified atom stereocenters. The average molecular weight is 125 g/mol. The summed E-state index contributed by atoms with van der Waals surface area (Å²) in [5.74, 6) is 5.72. The molecule has 0 saturated carbocycles. The third-order valence-electron chi connectivity index (χ3n) is 0.244. The highest BCUT2D eigenvalue weighted by Gasteiger charge is 1.51. The van der Waals surface area contributed by atoms with Gasteiger partial charge in [0, 0.05) is 0 Å². The van der Waals surface area contributed by atoms with E-state index in [1.54, 1.807) is 6.92 Å². The Hall–Kier alpha value is 0.140. The van der Waals surface area contributed by atoms with Gasteiger partial charge in [-0.25, -0.2) is 0 Å². The summed E-state index contributed by atoms with van der Waals surface area (Å²) in [5.41, 5.74) is 0. The third-order valence-corrected chi connectivity index (χ3v) is 0.377. The first-order chi connectivity index (χ1) is 2.41. The van der Waals surface area contributed by atoms with Crippen molar-refractivity contribution in [3.63, 3.8) is 0 Å². The standard InChI is InChI=1S/C4H5Cl.ClH/c1-2-3-4-5;/h4H2,1H3;1H. The molecule has 0 nitrogen and oxygen atoms in total. The molecule has 0 heterocycles. The molecule has 0 N–H and O–H groups in total. The maximum absolute atomic E-state index is 5.13. The summed E-state index contributed by atoms with van der Waals surface area (Å²) in [4.78, 5) is 0. The Bertz CT molecular complexity index is 57.7. The van der Waals surface area contributed by atoms with Crippen molar-refractivity contribution in [3.8, 4) is 11.8 Å². The Morgan fingerprint density at radius 1 is 1.67 bits per heavy atom. The Labute approximate surface area is 49.3 Å². The molecule has 0 aromatic rings. The molecule has 0 aliphatic rings. The average Bonchev–Trinajstić information content (AvgIpc) is 1.41. The molecule has 6 heavy (non-hydrogen) atoms. The first-order valence-corrected chi connectivity index (χ1v) is 1.91. The van der Waals surface area contributed by atoms with Crippen LogP contribution in [0, 0.1) is 11.8 Å². The van der Waals surface area contributed by atoms with Crippen LogP contribution in [0.1, 0.15) is 6.92 Å². The van der Waals surface area contributed by atoms with E-state index in [4.69, 9.17) is 11.6 Å². The molecule has 0 saturated heterocycles. The second-order valence-corrected chi connectivity index (χ2v) is 0.828. The minimum Gasteiger partial charge on any atom is -0.147 e. The summed E-state index contributed by atoms with van der Waals surface area (Å²) < 4.78 is 0. The summed E-state index contributed by atoms with van der Waals surface area (Å²) in [7, 11) is 0. The Morgan fingerprint density at radius 2 is 2.17 bits per heavy atom. The first-order valence-electron chi connectivity index (χ1n) is 1.37. The summed E-state index contributed by atoms with van der Waals surface area (Å²) in [6, 6.07) is 0. The quantitative estimate of drug-likeness (QED) is 0.341. The van der Waals surface area contributed by atoms with E-state index in [-0.39, 0.29) is 12.4 Å². The molecule has 0 atom stereocenters. The van der Waals surface area contributed by atoms with Crippen molar-refractivity contribution in [1.82, 2.24) is 0 Å². The molecule has 0 spiro atoms. The number of hydrogen-bond acceptors (Lipinski definition) is 0. The molecular formula is C4H6Cl2. The zero-order valence-electron chi connectivity index (χ0n) is 3.49. The van der Waals surface area contributed by atoms with E-state index in [9.17, 15) is 0 Å². The second-order valence-electron chi connectivity index (χ2n) is 0.560. The van der Waals surface area contributed by atoms with Crippen LogP contribution in [0.2, 0.25) is 0 Å². The molecular weight excluding hydrogens is 119 g/mol. The van der Waals surface area contributed by atoms with E-state index >= 15 is 0 Å². The van der Waals surface area contributed by atoms with Crippen LogP contribution in [-0.4, -0.2) is 5.88 Å². The Kier molecular flexibility index (Phi) is 14.1. The third kappa shape index (κ3) is 8.91. The number of hydrogen-bond donors (Lipinski definition) is 0. The van der Waals surface area contributed by atoms with E-state index in [1.807, 2.05) is 0 Å². The van der Waals surface area contributed by atoms with Crippen molar-refractivity contribution < 1.29 is 0 Å². The van der Waals surface area contributed by atoms with Crippen molar-refractivity contribution in [2.75, 3.05) is 5.88 Å². The van der Waals surface area contributed by atoms with Crippen LogP contribution in [-0.2, 0) is 0 Å². The summed E-state index contributed by atoms with van der Waals surface area (Å²) >= 11 is 5.13. The Balaban J connectivity index is 0. The fourth-order valence-corrected chi connectivity index (χ4v) is 0.200. The molecule has 0 aromatic carbocycles. The molecule has 0 amide bonds. The SMILES string of the molecule is CC#CCCl.Cl. The molecule has 0 rings (SSSR count). The second kappa shape index (κ2) is 8.94. The van der Waals surface area contributed by atoms with Crippen molar-refractivity contribution in [3.05, 3.63) is 0 Å². The summed E-state index contributed by atoms with van der Waals surface area (Å²) in [5, 5.41) is 0. The summed E-state index contributed by atoms with van der Waals surface area (Å²) in [6.07, 6.45) is 0. The van der Waals surface area contributed by atoms with Crippen LogP contribution in [0.5, 0.6) is 0 Å². The van der Waals surface area contributed by atoms with Gasteiger partial charge in [-0.2, -0.15) is 0 Å². The molecule has 0 radical (unpaired) electrons. The zero-order chi connectivity index (χ0) is 4.12. The van der Waals surface area contributed by atoms with Gasteiger partial charge in [-0.1, -0.05) is 5.92 Å². The highest BCUT2D eigenvalue weighted by molar-refractivity contribution is 6.19. The van der Waals surface area contributed by atoms with Gasteiger partial charge in [-0.3, -0.25) is 0 Å². The van der Waals surface area contributed by atoms with Gasteiger partial charge in [0.1, 0.15) is 0 Å². The van der Waals surface area contributed by atoms with E-state index < -0.39 is 0 Å². The molecule has 0 aliphatic heterocycles. The van der Waals surface area contributed by atoms with Crippen molar-refractivity contribution in [1.29, 1.82) is 0 Å². The van der Waals surface area contributed by atoms with Crippen molar-refractivity contribution in [2.24, 2.45) is 0 Å². The number of rotatable bonds is 0. The molecule has 0 aliphatic carbocycles. The lowest BCUT2D eigenvalue weighted by Gasteiger charge is -1.56. The van der Waals surface area contributed by atoms with Gasteiger partial charge >= 0.3 is 0 Å². The lowest BCUT2D eigenvalue weighted by molar-refractivity contribution is 1.83. The van der Waals surface area contributed by atoms with Crippen LogP contribution in [0.4, 0.5) is 0 Å². The zero-order valence-corrected chi connectivity index (χ0v) is 5.07. The van der Waals surface area contributed by atoms with E-state index in [1.165, 1.54) is 0 Å². The highest BCUT2D eigenvalue weighted by Crippen LogP contribution is 1.64. The monoisotopic (exact) mass is 124 g/mol. The van der Waals surface area contributed by atoms with Gasteiger partial charge in [0.2, 0.25) is 0 Å². The van der Waals surface area contributed by atoms with Crippen molar-refractivity contribution in [2.45, 2.75) is 6.92 Å². The Morgan fingerprint density at radius 3 is 2.17 bits per heavy atom. The minimum atomic E-state index is 0. The fourth-order valence-electron chi connectivity index (χ4n) is 0.0668. The van der Waals surface area contributed by atoms with Gasteiger partial charge in [-0.05, 0) is 6.92 Å². The number of alkyl halides is 1. The molecule has 36 valence electrons. The fraction of sp³-hybridized carbons (Fsp3) is 0.500. The van der Waals surface area contributed by atoms with Crippen LogP contribution in [0.15, 0.2) is 0 Å². The maximum Gasteiger partial charge on any atom is 0.0835 e. The predicted molar refractivity (Wildman–Crippen MR) is 31.4 cm³/mol. The van der Waals surface area contributed by atoms with Gasteiger partial charge in [0.05, 0.1) is 5.88 Å². The van der Waals surface area contributed by atoms with E-state index in [0.29, 0.717) is 5.88 Å². The van der Waals surface area contributed by atoms with Gasteiger partial charge in [-0.15, -0.1) is 29.9 Å². The van der Waals surface area contributed by atoms with E-state index in [0.717, 1.165) is 0 Å². The van der Waals surface area contributed by atoms with Crippen LogP contribution in [0.3, 0.4) is 0 Å². The molecule has 0 bridgehead atoms. The topological polar surface area (TPSA) is 0 Å². The predicted octanol–water partition coefficient (Wildman–Crippen LogP) is 1.67. The number of halogens is 2. The maximum atomic E-state index is 5.13. The van der Waals surface area contributed by atoms with E-state index in [2.05, 4.69) is 11.8 Å². The lowest BCUT2D eigenvalue weighted by Crippen LogP contribution is -1.52. The van der Waals surface area contributed by atoms with Crippen molar-refractivity contribution >= 4 is 24.0 Å². The minimum absolute atomic E-state index is 0. The van der Waals surface area contributed by atoms with Crippen LogP contribution in [0.25, 0.3) is 0 Å². The molecule has 2 heteroatoms. The van der Waals surface area contributed by atoms with Crippen LogP contribution >= 0.6 is 24.0 Å². The lowest BCUT2D eigenvalue weighted by atomic mass is 10.7. The van der Waals surface area contributed by atoms with Gasteiger partial charge < -0.3 is 0 Å². The van der Waals surface area contributed by atoms with Gasteiger partial charge in [0.25, 0.3) is 0 Å².